The van der Waals surface area contributed by atoms with Crippen LogP contribution >= 0.6 is 0 Å². The van der Waals surface area contributed by atoms with Crippen LogP contribution in [0, 0.1) is 5.92 Å². The van der Waals surface area contributed by atoms with Crippen LogP contribution in [0.15, 0.2) is 72.8 Å². The van der Waals surface area contributed by atoms with Gasteiger partial charge in [-0.15, -0.1) is 0 Å². The molecule has 0 spiro atoms. The van der Waals surface area contributed by atoms with Gasteiger partial charge in [-0.2, -0.15) is 0 Å². The van der Waals surface area contributed by atoms with E-state index in [1.54, 1.807) is 18.2 Å². The number of primary amides is 1. The Balaban J connectivity index is 1.47. The first-order valence-corrected chi connectivity index (χ1v) is 9.73. The second-order valence-corrected chi connectivity index (χ2v) is 7.30. The van der Waals surface area contributed by atoms with Crippen LogP contribution in [0.1, 0.15) is 28.8 Å². The highest BCUT2D eigenvalue weighted by atomic mass is 16.2. The lowest BCUT2D eigenvalue weighted by atomic mass is 10.0. The van der Waals surface area contributed by atoms with E-state index in [9.17, 15) is 9.59 Å². The Morgan fingerprint density at radius 2 is 1.59 bits per heavy atom. The lowest BCUT2D eigenvalue weighted by Crippen LogP contribution is -2.16. The van der Waals surface area contributed by atoms with E-state index in [-0.39, 0.29) is 11.8 Å². The molecule has 0 bridgehead atoms. The van der Waals surface area contributed by atoms with Gasteiger partial charge in [0.15, 0.2) is 0 Å². The summed E-state index contributed by atoms with van der Waals surface area (Å²) in [6, 6.07) is 23.6. The Hall–Kier alpha value is -3.60. The molecule has 4 N–H and O–H groups in total. The number of hydrogen-bond donors (Lipinski definition) is 3. The van der Waals surface area contributed by atoms with Gasteiger partial charge in [-0.3, -0.25) is 9.59 Å². The van der Waals surface area contributed by atoms with Crippen molar-refractivity contribution in [2.45, 2.75) is 19.4 Å². The van der Waals surface area contributed by atoms with Gasteiger partial charge in [0.25, 0.3) is 5.91 Å². The fraction of sp³-hybridized carbons (Fsp3) is 0.167. The molecule has 0 aromatic heterocycles. The third-order valence-corrected chi connectivity index (χ3v) is 5.04. The maximum atomic E-state index is 12.0. The van der Waals surface area contributed by atoms with Crippen LogP contribution in [0.2, 0.25) is 0 Å². The lowest BCUT2D eigenvalue weighted by Gasteiger charge is -2.13. The quantitative estimate of drug-likeness (QED) is 0.563. The summed E-state index contributed by atoms with van der Waals surface area (Å²) in [4.78, 5) is 23.8. The number of carbonyl (C=O) groups excluding carboxylic acids is 2. The molecule has 0 aliphatic heterocycles. The van der Waals surface area contributed by atoms with E-state index in [1.807, 2.05) is 18.2 Å². The molecular formula is C24H23N3O2. The molecule has 0 radical (unpaired) electrons. The van der Waals surface area contributed by atoms with Crippen LogP contribution in [0.4, 0.5) is 11.4 Å². The zero-order chi connectivity index (χ0) is 20.2. The Kier molecular flexibility index (Phi) is 5.29. The van der Waals surface area contributed by atoms with Crippen molar-refractivity contribution in [3.05, 3.63) is 83.9 Å². The van der Waals surface area contributed by atoms with Crippen molar-refractivity contribution in [3.8, 4) is 11.1 Å². The van der Waals surface area contributed by atoms with E-state index in [2.05, 4.69) is 47.0 Å². The highest BCUT2D eigenvalue weighted by Gasteiger charge is 2.29. The Morgan fingerprint density at radius 3 is 2.24 bits per heavy atom. The summed E-state index contributed by atoms with van der Waals surface area (Å²) < 4.78 is 0. The van der Waals surface area contributed by atoms with E-state index in [4.69, 9.17) is 5.73 Å². The molecule has 1 saturated carbocycles. The summed E-state index contributed by atoms with van der Waals surface area (Å²) >= 11 is 0. The average molecular weight is 385 g/mol. The minimum atomic E-state index is -0.507. The largest absolute Gasteiger partial charge is 0.380 e. The predicted molar refractivity (Wildman–Crippen MR) is 116 cm³/mol. The summed E-state index contributed by atoms with van der Waals surface area (Å²) in [5, 5.41) is 6.18. The monoisotopic (exact) mass is 385 g/mol. The van der Waals surface area contributed by atoms with Crippen LogP contribution < -0.4 is 16.4 Å². The smallest absolute Gasteiger partial charge is 0.250 e. The van der Waals surface area contributed by atoms with Gasteiger partial charge < -0.3 is 16.4 Å². The molecule has 3 aromatic rings. The SMILES string of the molecule is NC(=O)c1ccc(NC(=O)C2CC2)cc1NCc1ccc(-c2ccccc2)cc1. The van der Waals surface area contributed by atoms with Gasteiger partial charge in [0, 0.05) is 23.8 Å². The fourth-order valence-corrected chi connectivity index (χ4v) is 3.22. The molecule has 1 aliphatic rings. The first-order valence-electron chi connectivity index (χ1n) is 9.73. The van der Waals surface area contributed by atoms with Crippen molar-refractivity contribution >= 4 is 23.2 Å². The van der Waals surface area contributed by atoms with Crippen LogP contribution in [-0.4, -0.2) is 11.8 Å². The van der Waals surface area contributed by atoms with E-state index >= 15 is 0 Å². The number of rotatable bonds is 7. The summed E-state index contributed by atoms with van der Waals surface area (Å²) in [5.74, 6) is -0.364. The number of anilines is 2. The summed E-state index contributed by atoms with van der Waals surface area (Å²) in [6.45, 7) is 0.537. The second-order valence-electron chi connectivity index (χ2n) is 7.30. The van der Waals surface area contributed by atoms with E-state index in [0.717, 1.165) is 24.0 Å². The highest BCUT2D eigenvalue weighted by molar-refractivity contribution is 6.00. The number of nitrogens with two attached hydrogens (primary N) is 1. The molecule has 0 heterocycles. The maximum Gasteiger partial charge on any atom is 0.250 e. The molecule has 5 nitrogen and oxygen atoms in total. The van der Waals surface area contributed by atoms with E-state index in [1.165, 1.54) is 5.56 Å². The topological polar surface area (TPSA) is 84.2 Å². The van der Waals surface area contributed by atoms with Crippen molar-refractivity contribution in [1.29, 1.82) is 0 Å². The van der Waals surface area contributed by atoms with E-state index in [0.29, 0.717) is 23.5 Å². The van der Waals surface area contributed by atoms with Gasteiger partial charge in [-0.05, 0) is 47.7 Å². The molecule has 1 fully saturated rings. The normalized spacial score (nSPS) is 13.0. The van der Waals surface area contributed by atoms with Crippen LogP contribution in [0.25, 0.3) is 11.1 Å². The lowest BCUT2D eigenvalue weighted by molar-refractivity contribution is -0.117. The molecule has 0 unspecified atom stereocenters. The Morgan fingerprint density at radius 1 is 0.897 bits per heavy atom. The molecule has 5 heteroatoms. The highest BCUT2D eigenvalue weighted by Crippen LogP contribution is 2.31. The van der Waals surface area contributed by atoms with Crippen molar-refractivity contribution in [1.82, 2.24) is 0 Å². The molecule has 29 heavy (non-hydrogen) atoms. The van der Waals surface area contributed by atoms with Gasteiger partial charge >= 0.3 is 0 Å². The summed E-state index contributed by atoms with van der Waals surface area (Å²) in [7, 11) is 0. The third-order valence-electron chi connectivity index (χ3n) is 5.04. The Bertz CT molecular complexity index is 1030. The van der Waals surface area contributed by atoms with E-state index < -0.39 is 5.91 Å². The van der Waals surface area contributed by atoms with Gasteiger partial charge in [-0.25, -0.2) is 0 Å². The zero-order valence-electron chi connectivity index (χ0n) is 16.0. The van der Waals surface area contributed by atoms with Gasteiger partial charge in [0.2, 0.25) is 5.91 Å². The zero-order valence-corrected chi connectivity index (χ0v) is 16.0. The van der Waals surface area contributed by atoms with Crippen LogP contribution in [-0.2, 0) is 11.3 Å². The van der Waals surface area contributed by atoms with Crippen molar-refractivity contribution < 1.29 is 9.59 Å². The minimum absolute atomic E-state index is 0.0271. The second kappa shape index (κ2) is 8.19. The van der Waals surface area contributed by atoms with Crippen LogP contribution in [0.5, 0.6) is 0 Å². The molecular weight excluding hydrogens is 362 g/mol. The molecule has 4 rings (SSSR count). The predicted octanol–water partition coefficient (Wildman–Crippen LogP) is 4.41. The van der Waals surface area contributed by atoms with Crippen molar-refractivity contribution in [2.24, 2.45) is 11.7 Å². The number of carbonyl (C=O) groups is 2. The third kappa shape index (κ3) is 4.63. The maximum absolute atomic E-state index is 12.0. The number of nitrogens with one attached hydrogen (secondary N) is 2. The number of benzene rings is 3. The minimum Gasteiger partial charge on any atom is -0.380 e. The number of amides is 2. The molecule has 3 aromatic carbocycles. The molecule has 1 aliphatic carbocycles. The van der Waals surface area contributed by atoms with Crippen molar-refractivity contribution in [3.63, 3.8) is 0 Å². The average Bonchev–Trinajstić information content (AvgIpc) is 3.59. The molecule has 2 amide bonds. The van der Waals surface area contributed by atoms with Gasteiger partial charge in [0.05, 0.1) is 5.56 Å². The fourth-order valence-electron chi connectivity index (χ4n) is 3.22. The standard InChI is InChI=1S/C24H23N3O2/c25-23(28)21-13-12-20(27-24(29)19-10-11-19)14-22(21)26-15-16-6-8-18(9-7-16)17-4-2-1-3-5-17/h1-9,12-14,19,26H,10-11,15H2,(H2,25,28)(H,27,29). The molecule has 0 saturated heterocycles. The van der Waals surface area contributed by atoms with Crippen molar-refractivity contribution in [2.75, 3.05) is 10.6 Å². The molecule has 146 valence electrons. The first kappa shape index (κ1) is 18.7. The van der Waals surface area contributed by atoms with Crippen LogP contribution in [0.3, 0.4) is 0 Å². The molecule has 0 atom stereocenters. The van der Waals surface area contributed by atoms with Gasteiger partial charge in [0.1, 0.15) is 0 Å². The van der Waals surface area contributed by atoms with Gasteiger partial charge in [-0.1, -0.05) is 54.6 Å². The first-order chi connectivity index (χ1) is 14.1. The number of hydrogen-bond acceptors (Lipinski definition) is 3. The summed E-state index contributed by atoms with van der Waals surface area (Å²) in [6.07, 6.45) is 1.88. The summed E-state index contributed by atoms with van der Waals surface area (Å²) in [5.41, 5.74) is 10.6. The Labute approximate surface area is 169 Å².